The molecule has 1 aliphatic carbocycles. The largest absolute Gasteiger partial charge is 0.497 e. The van der Waals surface area contributed by atoms with E-state index in [0.717, 1.165) is 52.0 Å². The Labute approximate surface area is 213 Å². The lowest BCUT2D eigenvalue weighted by atomic mass is 10.0. The van der Waals surface area contributed by atoms with E-state index in [4.69, 9.17) is 10.1 Å². The summed E-state index contributed by atoms with van der Waals surface area (Å²) in [6.07, 6.45) is 14.1. The van der Waals surface area contributed by atoms with Crippen molar-refractivity contribution in [3.05, 3.63) is 100 Å². The lowest BCUT2D eigenvalue weighted by Crippen LogP contribution is -2.32. The van der Waals surface area contributed by atoms with Crippen molar-refractivity contribution in [3.63, 3.8) is 0 Å². The highest BCUT2D eigenvalue weighted by Gasteiger charge is 2.25. The number of nitrogens with zero attached hydrogens (tertiary/aromatic N) is 3. The minimum Gasteiger partial charge on any atom is -0.497 e. The van der Waals surface area contributed by atoms with E-state index in [1.165, 1.54) is 10.8 Å². The SMILES string of the molecule is C=C1C2=C(C=NN1C(=N)C1=CC=c3cccc(-c4ccc(OC)cc4)c3=CC1)N(C)CCC=C2.CC. The molecule has 1 N–H and O–H groups in total. The maximum Gasteiger partial charge on any atom is 0.150 e. The van der Waals surface area contributed by atoms with Gasteiger partial charge >= 0.3 is 0 Å². The monoisotopic (exact) mass is 478 g/mol. The van der Waals surface area contributed by atoms with E-state index in [1.54, 1.807) is 12.1 Å². The van der Waals surface area contributed by atoms with E-state index in [-0.39, 0.29) is 0 Å². The van der Waals surface area contributed by atoms with Gasteiger partial charge in [-0.1, -0.05) is 81.1 Å². The van der Waals surface area contributed by atoms with Crippen molar-refractivity contribution >= 4 is 24.2 Å². The van der Waals surface area contributed by atoms with Gasteiger partial charge < -0.3 is 9.64 Å². The molecule has 0 amide bonds. The molecule has 0 aromatic heterocycles. The molecule has 0 atom stereocenters. The fourth-order valence-corrected chi connectivity index (χ4v) is 4.54. The van der Waals surface area contributed by atoms with Gasteiger partial charge in [-0.15, -0.1) is 0 Å². The van der Waals surface area contributed by atoms with E-state index in [1.807, 2.05) is 38.3 Å². The second-order valence-electron chi connectivity index (χ2n) is 8.57. The van der Waals surface area contributed by atoms with Gasteiger partial charge in [0, 0.05) is 24.7 Å². The van der Waals surface area contributed by atoms with E-state index >= 15 is 0 Å². The van der Waals surface area contributed by atoms with Crippen molar-refractivity contribution in [3.8, 4) is 16.9 Å². The number of nitrogens with one attached hydrogen (secondary N) is 1. The van der Waals surface area contributed by atoms with E-state index in [2.05, 4.69) is 78.3 Å². The highest BCUT2D eigenvalue weighted by atomic mass is 16.5. The number of benzene rings is 2. The summed E-state index contributed by atoms with van der Waals surface area (Å²) in [4.78, 5) is 2.19. The summed E-state index contributed by atoms with van der Waals surface area (Å²) < 4.78 is 5.31. The average molecular weight is 479 g/mol. The lowest BCUT2D eigenvalue weighted by molar-refractivity contribution is 0.415. The third kappa shape index (κ3) is 4.82. The van der Waals surface area contributed by atoms with Gasteiger partial charge in [0.25, 0.3) is 0 Å². The van der Waals surface area contributed by atoms with Gasteiger partial charge in [0.1, 0.15) is 11.6 Å². The third-order valence-corrected chi connectivity index (χ3v) is 6.51. The molecule has 3 aliphatic rings. The molecule has 0 unspecified atom stereocenters. The van der Waals surface area contributed by atoms with Crippen molar-refractivity contribution in [2.75, 3.05) is 20.7 Å². The minimum atomic E-state index is 0.347. The normalized spacial score (nSPS) is 16.3. The van der Waals surface area contributed by atoms with Crippen molar-refractivity contribution in [1.29, 1.82) is 5.41 Å². The Balaban J connectivity index is 0.00000148. The van der Waals surface area contributed by atoms with Crippen molar-refractivity contribution in [2.45, 2.75) is 26.7 Å². The topological polar surface area (TPSA) is 51.9 Å². The minimum absolute atomic E-state index is 0.347. The number of fused-ring (bicyclic) bond motifs is 1. The molecular formula is C31H34N4O. The van der Waals surface area contributed by atoms with Crippen LogP contribution in [0.25, 0.3) is 23.3 Å². The first-order valence-electron chi connectivity index (χ1n) is 12.5. The lowest BCUT2D eigenvalue weighted by Gasteiger charge is -2.30. The summed E-state index contributed by atoms with van der Waals surface area (Å²) in [5.74, 6) is 1.19. The van der Waals surface area contributed by atoms with Crippen LogP contribution in [-0.2, 0) is 0 Å². The Morgan fingerprint density at radius 2 is 1.86 bits per heavy atom. The summed E-state index contributed by atoms with van der Waals surface area (Å²) in [5.41, 5.74) is 6.00. The predicted molar refractivity (Wildman–Crippen MR) is 151 cm³/mol. The second kappa shape index (κ2) is 11.1. The summed E-state index contributed by atoms with van der Waals surface area (Å²) in [5, 5.41) is 17.5. The van der Waals surface area contributed by atoms with Gasteiger partial charge in [0.2, 0.25) is 0 Å². The second-order valence-corrected chi connectivity index (χ2v) is 8.57. The Kier molecular flexibility index (Phi) is 7.69. The van der Waals surface area contributed by atoms with Gasteiger partial charge in [-0.2, -0.15) is 5.10 Å². The van der Waals surface area contributed by atoms with Crippen LogP contribution in [0, 0.1) is 5.41 Å². The predicted octanol–water partition coefficient (Wildman–Crippen LogP) is 5.22. The Morgan fingerprint density at radius 1 is 1.08 bits per heavy atom. The molecular weight excluding hydrogens is 444 g/mol. The molecule has 0 fully saturated rings. The van der Waals surface area contributed by atoms with Gasteiger partial charge in [0.15, 0.2) is 0 Å². The molecule has 5 rings (SSSR count). The number of hydrogen-bond acceptors (Lipinski definition) is 4. The molecule has 2 aromatic rings. The molecule has 2 heterocycles. The van der Waals surface area contributed by atoms with Crippen molar-refractivity contribution < 1.29 is 4.74 Å². The summed E-state index contributed by atoms with van der Waals surface area (Å²) in [6.45, 7) is 9.22. The fourth-order valence-electron chi connectivity index (χ4n) is 4.54. The molecule has 2 aromatic carbocycles. The molecule has 5 heteroatoms. The molecule has 184 valence electrons. The molecule has 5 nitrogen and oxygen atoms in total. The van der Waals surface area contributed by atoms with Crippen LogP contribution in [0.1, 0.15) is 26.7 Å². The highest BCUT2D eigenvalue weighted by Crippen LogP contribution is 2.28. The summed E-state index contributed by atoms with van der Waals surface area (Å²) in [6, 6.07) is 14.5. The molecule has 0 bridgehead atoms. The number of allylic oxidation sites excluding steroid dienone is 3. The molecule has 0 spiro atoms. The molecule has 0 saturated carbocycles. The number of methoxy groups -OCH3 is 1. The zero-order chi connectivity index (χ0) is 25.7. The molecule has 36 heavy (non-hydrogen) atoms. The first-order valence-corrected chi connectivity index (χ1v) is 12.5. The van der Waals surface area contributed by atoms with Gasteiger partial charge in [-0.05, 0) is 46.5 Å². The molecule has 0 radical (unpaired) electrons. The van der Waals surface area contributed by atoms with Crippen LogP contribution in [0.5, 0.6) is 5.75 Å². The molecule has 2 aliphatic heterocycles. The van der Waals surface area contributed by atoms with Crippen LogP contribution in [0.3, 0.4) is 0 Å². The summed E-state index contributed by atoms with van der Waals surface area (Å²) in [7, 11) is 3.75. The van der Waals surface area contributed by atoms with Crippen LogP contribution in [0.2, 0.25) is 0 Å². The maximum absolute atomic E-state index is 8.95. The zero-order valence-corrected chi connectivity index (χ0v) is 21.6. The Morgan fingerprint density at radius 3 is 2.61 bits per heavy atom. The summed E-state index contributed by atoms with van der Waals surface area (Å²) >= 11 is 0. The fraction of sp³-hybridized carbons (Fsp3) is 0.226. The number of rotatable bonds is 3. The number of ether oxygens (including phenoxy) is 1. The van der Waals surface area contributed by atoms with Gasteiger partial charge in [0.05, 0.1) is 24.7 Å². The van der Waals surface area contributed by atoms with Crippen LogP contribution < -0.4 is 15.2 Å². The first-order chi connectivity index (χ1) is 17.6. The van der Waals surface area contributed by atoms with Crippen molar-refractivity contribution in [1.82, 2.24) is 9.91 Å². The standard InChI is InChI=1S/C29H28N4O.C2H6/c1-20-25-8-4-5-18-32(2)28(25)19-31-33(20)29(30)23-11-10-21-7-6-9-26(27(21)17-14-23)22-12-15-24(34-3)16-13-22;1-2/h4,6-13,15-17,19,30H,1,5,14,18H2,2-3H3;1-2H3. The third-order valence-electron chi connectivity index (χ3n) is 6.51. The van der Waals surface area contributed by atoms with E-state index < -0.39 is 0 Å². The van der Waals surface area contributed by atoms with Crippen molar-refractivity contribution in [2.24, 2.45) is 5.10 Å². The first kappa shape index (κ1) is 25.0. The van der Waals surface area contributed by atoms with Crippen LogP contribution in [0.4, 0.5) is 0 Å². The smallest absolute Gasteiger partial charge is 0.150 e. The van der Waals surface area contributed by atoms with Gasteiger partial charge in [-0.25, -0.2) is 5.01 Å². The maximum atomic E-state index is 8.95. The average Bonchev–Trinajstić information content (AvgIpc) is 3.26. The van der Waals surface area contributed by atoms with E-state index in [0.29, 0.717) is 12.3 Å². The van der Waals surface area contributed by atoms with Crippen LogP contribution >= 0.6 is 0 Å². The van der Waals surface area contributed by atoms with Crippen LogP contribution in [-0.4, -0.2) is 42.7 Å². The number of hydrazone groups is 1. The Hall–Kier alpha value is -4.12. The molecule has 0 saturated heterocycles. The van der Waals surface area contributed by atoms with E-state index in [9.17, 15) is 0 Å². The van der Waals surface area contributed by atoms with Gasteiger partial charge in [-0.3, -0.25) is 5.41 Å². The Bertz CT molecular complexity index is 1410. The quantitative estimate of drug-likeness (QED) is 0.486. The highest BCUT2D eigenvalue weighted by molar-refractivity contribution is 6.01. The number of hydrogen-bond donors (Lipinski definition) is 1. The van der Waals surface area contributed by atoms with Crippen LogP contribution in [0.15, 0.2) is 94.9 Å². The number of amidine groups is 1. The zero-order valence-electron chi connectivity index (χ0n) is 21.6.